The summed E-state index contributed by atoms with van der Waals surface area (Å²) in [7, 11) is 5.24. The van der Waals surface area contributed by atoms with Crippen LogP contribution in [0.15, 0.2) is 36.4 Å². The number of hydrogen-bond acceptors (Lipinski definition) is 9. The largest absolute Gasteiger partial charge is 0.493 e. The summed E-state index contributed by atoms with van der Waals surface area (Å²) in [6.07, 6.45) is 0. The summed E-state index contributed by atoms with van der Waals surface area (Å²) in [5.74, 6) is -2.09. The lowest BCUT2D eigenvalue weighted by molar-refractivity contribution is -0.119. The van der Waals surface area contributed by atoms with Gasteiger partial charge in [-0.2, -0.15) is 0 Å². The Morgan fingerprint density at radius 2 is 1.29 bits per heavy atom. The number of carbonyl (C=O) groups is 4. The molecule has 0 radical (unpaired) electrons. The van der Waals surface area contributed by atoms with E-state index in [0.29, 0.717) is 11.5 Å². The maximum atomic E-state index is 12.2. The van der Waals surface area contributed by atoms with Crippen LogP contribution in [0, 0.1) is 0 Å². The van der Waals surface area contributed by atoms with Crippen molar-refractivity contribution in [3.8, 4) is 11.5 Å². The first-order valence-corrected chi connectivity index (χ1v) is 8.83. The minimum Gasteiger partial charge on any atom is -0.493 e. The van der Waals surface area contributed by atoms with E-state index in [1.165, 1.54) is 64.8 Å². The Hall–Kier alpha value is -4.08. The van der Waals surface area contributed by atoms with Gasteiger partial charge in [0.15, 0.2) is 18.1 Å². The van der Waals surface area contributed by atoms with E-state index in [1.54, 1.807) is 0 Å². The highest BCUT2D eigenvalue weighted by Gasteiger charge is 2.17. The zero-order chi connectivity index (χ0) is 23.0. The number of anilines is 1. The molecule has 0 aliphatic rings. The van der Waals surface area contributed by atoms with Crippen LogP contribution in [0.1, 0.15) is 31.1 Å². The molecule has 0 saturated carbocycles. The molecule has 0 unspecified atom stereocenters. The summed E-state index contributed by atoms with van der Waals surface area (Å²) in [4.78, 5) is 48.0. The summed E-state index contributed by atoms with van der Waals surface area (Å²) >= 11 is 0. The molecule has 0 bridgehead atoms. The summed E-state index contributed by atoms with van der Waals surface area (Å²) in [5, 5.41) is 2.45. The Morgan fingerprint density at radius 1 is 0.710 bits per heavy atom. The molecule has 0 atom stereocenters. The SMILES string of the molecule is COC(=O)c1cc(NC(=O)COC(=O)c2ccc(OC)c(OC)c2)cc(C(=O)OC)c1. The van der Waals surface area contributed by atoms with Crippen LogP contribution in [0.4, 0.5) is 5.69 Å². The van der Waals surface area contributed by atoms with Crippen molar-refractivity contribution >= 4 is 29.5 Å². The number of carbonyl (C=O) groups excluding carboxylic acids is 4. The van der Waals surface area contributed by atoms with Crippen molar-refractivity contribution in [3.05, 3.63) is 53.1 Å². The highest BCUT2D eigenvalue weighted by molar-refractivity contribution is 6.00. The standard InChI is InChI=1S/C21H21NO9/c1-27-16-6-5-12(10-17(16)28-2)21(26)31-11-18(23)22-15-8-13(19(24)29-3)7-14(9-15)20(25)30-4/h5-10H,11H2,1-4H3,(H,22,23). The number of nitrogens with one attached hydrogen (secondary N) is 1. The molecule has 0 fully saturated rings. The highest BCUT2D eigenvalue weighted by Crippen LogP contribution is 2.27. The third-order valence-corrected chi connectivity index (χ3v) is 4.01. The minimum absolute atomic E-state index is 0.0306. The fraction of sp³-hybridized carbons (Fsp3) is 0.238. The van der Waals surface area contributed by atoms with Gasteiger partial charge in [0.2, 0.25) is 0 Å². The van der Waals surface area contributed by atoms with Crippen LogP contribution in [0.3, 0.4) is 0 Å². The molecule has 0 aliphatic heterocycles. The first kappa shape index (κ1) is 23.2. The Labute approximate surface area is 178 Å². The lowest BCUT2D eigenvalue weighted by atomic mass is 10.1. The van der Waals surface area contributed by atoms with Crippen molar-refractivity contribution in [2.75, 3.05) is 40.4 Å². The van der Waals surface area contributed by atoms with E-state index in [0.717, 1.165) is 0 Å². The maximum absolute atomic E-state index is 12.2. The zero-order valence-electron chi connectivity index (χ0n) is 17.3. The Bertz CT molecular complexity index is 966. The molecular formula is C21H21NO9. The second-order valence-electron chi connectivity index (χ2n) is 5.98. The lowest BCUT2D eigenvalue weighted by Crippen LogP contribution is -2.21. The fourth-order valence-electron chi connectivity index (χ4n) is 2.55. The van der Waals surface area contributed by atoms with Crippen LogP contribution >= 0.6 is 0 Å². The molecule has 31 heavy (non-hydrogen) atoms. The van der Waals surface area contributed by atoms with Crippen molar-refractivity contribution in [3.63, 3.8) is 0 Å². The van der Waals surface area contributed by atoms with Crippen molar-refractivity contribution in [2.45, 2.75) is 0 Å². The van der Waals surface area contributed by atoms with Gasteiger partial charge in [-0.05, 0) is 36.4 Å². The van der Waals surface area contributed by atoms with Crippen LogP contribution in [-0.4, -0.2) is 58.9 Å². The Kier molecular flexibility index (Phi) is 7.95. The Morgan fingerprint density at radius 3 is 1.81 bits per heavy atom. The van der Waals surface area contributed by atoms with E-state index in [1.807, 2.05) is 0 Å². The molecule has 0 spiro atoms. The highest BCUT2D eigenvalue weighted by atomic mass is 16.5. The van der Waals surface area contributed by atoms with Crippen LogP contribution in [0.25, 0.3) is 0 Å². The minimum atomic E-state index is -0.755. The van der Waals surface area contributed by atoms with Gasteiger partial charge < -0.3 is 29.0 Å². The summed E-state index contributed by atoms with van der Waals surface area (Å²) in [6, 6.07) is 8.30. The Balaban J connectivity index is 2.09. The summed E-state index contributed by atoms with van der Waals surface area (Å²) in [5.41, 5.74) is 0.340. The van der Waals surface area contributed by atoms with E-state index in [9.17, 15) is 19.2 Å². The third-order valence-electron chi connectivity index (χ3n) is 4.01. The second kappa shape index (κ2) is 10.6. The zero-order valence-corrected chi connectivity index (χ0v) is 17.3. The van der Waals surface area contributed by atoms with Gasteiger partial charge in [0.25, 0.3) is 5.91 Å². The van der Waals surface area contributed by atoms with Gasteiger partial charge >= 0.3 is 17.9 Å². The molecule has 0 aliphatic carbocycles. The normalized spacial score (nSPS) is 9.94. The summed E-state index contributed by atoms with van der Waals surface area (Å²) < 4.78 is 24.5. The quantitative estimate of drug-likeness (QED) is 0.494. The average Bonchev–Trinajstić information content (AvgIpc) is 2.80. The molecule has 0 saturated heterocycles. The number of amides is 1. The predicted octanol–water partition coefficient (Wildman–Crippen LogP) is 2.07. The lowest BCUT2D eigenvalue weighted by Gasteiger charge is -2.11. The number of esters is 3. The van der Waals surface area contributed by atoms with Gasteiger partial charge in [-0.3, -0.25) is 4.79 Å². The van der Waals surface area contributed by atoms with Gasteiger partial charge in [-0.15, -0.1) is 0 Å². The van der Waals surface area contributed by atoms with Crippen LogP contribution < -0.4 is 14.8 Å². The van der Waals surface area contributed by atoms with Crippen molar-refractivity contribution in [2.24, 2.45) is 0 Å². The van der Waals surface area contributed by atoms with Crippen molar-refractivity contribution in [1.29, 1.82) is 0 Å². The van der Waals surface area contributed by atoms with Crippen LogP contribution in [0.5, 0.6) is 11.5 Å². The molecule has 10 heteroatoms. The average molecular weight is 431 g/mol. The smallest absolute Gasteiger partial charge is 0.338 e. The van der Waals surface area contributed by atoms with E-state index < -0.39 is 30.4 Å². The molecule has 0 heterocycles. The van der Waals surface area contributed by atoms with Crippen molar-refractivity contribution < 1.29 is 42.9 Å². The van der Waals surface area contributed by atoms with Gasteiger partial charge in [0.1, 0.15) is 0 Å². The van der Waals surface area contributed by atoms with Gasteiger partial charge in [0.05, 0.1) is 45.1 Å². The molecule has 2 aromatic carbocycles. The predicted molar refractivity (Wildman–Crippen MR) is 108 cm³/mol. The number of hydrogen-bond donors (Lipinski definition) is 1. The van der Waals surface area contributed by atoms with Gasteiger partial charge in [-0.25, -0.2) is 14.4 Å². The third kappa shape index (κ3) is 5.95. The van der Waals surface area contributed by atoms with Crippen LogP contribution in [0.2, 0.25) is 0 Å². The molecule has 2 aromatic rings. The fourth-order valence-corrected chi connectivity index (χ4v) is 2.55. The topological polar surface area (TPSA) is 126 Å². The molecule has 0 aromatic heterocycles. The second-order valence-corrected chi connectivity index (χ2v) is 5.98. The first-order chi connectivity index (χ1) is 14.8. The van der Waals surface area contributed by atoms with E-state index >= 15 is 0 Å². The van der Waals surface area contributed by atoms with E-state index in [2.05, 4.69) is 14.8 Å². The van der Waals surface area contributed by atoms with Crippen LogP contribution in [-0.2, 0) is 19.0 Å². The summed E-state index contributed by atoms with van der Waals surface area (Å²) in [6.45, 7) is -0.608. The molecule has 1 amide bonds. The van der Waals surface area contributed by atoms with E-state index in [-0.39, 0.29) is 22.4 Å². The molecular weight excluding hydrogens is 410 g/mol. The monoisotopic (exact) mass is 431 g/mol. The number of benzene rings is 2. The van der Waals surface area contributed by atoms with Gasteiger partial charge in [-0.1, -0.05) is 0 Å². The number of ether oxygens (including phenoxy) is 5. The molecule has 2 rings (SSSR count). The molecule has 1 N–H and O–H groups in total. The number of methoxy groups -OCH3 is 4. The van der Waals surface area contributed by atoms with Gasteiger partial charge in [0, 0.05) is 5.69 Å². The molecule has 164 valence electrons. The molecule has 10 nitrogen and oxygen atoms in total. The van der Waals surface area contributed by atoms with Crippen molar-refractivity contribution in [1.82, 2.24) is 0 Å². The van der Waals surface area contributed by atoms with E-state index in [4.69, 9.17) is 14.2 Å². The maximum Gasteiger partial charge on any atom is 0.338 e. The number of rotatable bonds is 8. The first-order valence-electron chi connectivity index (χ1n) is 8.83.